The van der Waals surface area contributed by atoms with Gasteiger partial charge in [-0.1, -0.05) is 36.4 Å². The second kappa shape index (κ2) is 13.6. The number of hydrogen-bond donors (Lipinski definition) is 1. The predicted molar refractivity (Wildman–Crippen MR) is 187 cm³/mol. The number of pyridine rings is 2. The van der Waals surface area contributed by atoms with E-state index in [0.717, 1.165) is 48.6 Å². The van der Waals surface area contributed by atoms with Gasteiger partial charge < -0.3 is 14.5 Å². The Morgan fingerprint density at radius 1 is 0.902 bits per heavy atom. The van der Waals surface area contributed by atoms with Gasteiger partial charge in [-0.3, -0.25) is 19.1 Å². The molecule has 1 aliphatic heterocycles. The monoisotopic (exact) mass is 691 g/mol. The summed E-state index contributed by atoms with van der Waals surface area (Å²) in [5, 5.41) is 3.00. The average Bonchev–Trinajstić information content (AvgIpc) is 3.57. The zero-order valence-corrected chi connectivity index (χ0v) is 27.7. The number of carbonyl (C=O) groups excluding carboxylic acids is 1. The SMILES string of the molecule is O=C(N[C@H]1CC[C@@H](n2c(=O)c3cc(F)cnc3n(-c3cccc(-c4ccccc4CN4CCOCC4)c3)c2=O)CC1)c1cn2cc(F)ccc2n1. The van der Waals surface area contributed by atoms with Crippen molar-refractivity contribution in [1.82, 2.24) is 33.7 Å². The Hall–Kier alpha value is -5.53. The van der Waals surface area contributed by atoms with Gasteiger partial charge in [-0.2, -0.15) is 0 Å². The van der Waals surface area contributed by atoms with Crippen LogP contribution in [0.5, 0.6) is 0 Å². The Bertz CT molecular complexity index is 2390. The smallest absolute Gasteiger partial charge is 0.337 e. The molecule has 0 unspecified atom stereocenters. The Kier molecular flexibility index (Phi) is 8.74. The maximum Gasteiger partial charge on any atom is 0.337 e. The molecule has 0 atom stereocenters. The largest absolute Gasteiger partial charge is 0.379 e. The highest BCUT2D eigenvalue weighted by Crippen LogP contribution is 2.30. The van der Waals surface area contributed by atoms with Gasteiger partial charge in [-0.15, -0.1) is 0 Å². The maximum absolute atomic E-state index is 14.6. The molecular formula is C38H35F2N7O4. The first-order chi connectivity index (χ1) is 24.8. The molecule has 1 saturated heterocycles. The first-order valence-electron chi connectivity index (χ1n) is 17.1. The Balaban J connectivity index is 1.09. The van der Waals surface area contributed by atoms with Crippen LogP contribution in [0.2, 0.25) is 0 Å². The van der Waals surface area contributed by atoms with E-state index in [1.54, 1.807) is 6.07 Å². The number of amides is 1. The lowest BCUT2D eigenvalue weighted by molar-refractivity contribution is 0.0342. The van der Waals surface area contributed by atoms with E-state index in [1.807, 2.05) is 30.3 Å². The van der Waals surface area contributed by atoms with Crippen LogP contribution in [-0.4, -0.2) is 66.7 Å². The van der Waals surface area contributed by atoms with Gasteiger partial charge >= 0.3 is 5.69 Å². The highest BCUT2D eigenvalue weighted by atomic mass is 19.1. The van der Waals surface area contributed by atoms with E-state index in [-0.39, 0.29) is 28.7 Å². The lowest BCUT2D eigenvalue weighted by Gasteiger charge is -2.30. The van der Waals surface area contributed by atoms with E-state index in [2.05, 4.69) is 32.3 Å². The van der Waals surface area contributed by atoms with Crippen molar-refractivity contribution in [3.8, 4) is 16.8 Å². The summed E-state index contributed by atoms with van der Waals surface area (Å²) in [5.41, 5.74) is 3.08. The number of imidazole rings is 1. The molecule has 2 fully saturated rings. The van der Waals surface area contributed by atoms with Gasteiger partial charge in [0.05, 0.1) is 30.5 Å². The molecule has 0 spiro atoms. The molecule has 1 saturated carbocycles. The Labute approximate surface area is 290 Å². The first kappa shape index (κ1) is 32.7. The average molecular weight is 692 g/mol. The Morgan fingerprint density at radius 2 is 1.71 bits per heavy atom. The van der Waals surface area contributed by atoms with Crippen molar-refractivity contribution in [2.75, 3.05) is 26.3 Å². The molecule has 2 aromatic carbocycles. The number of fused-ring (bicyclic) bond motifs is 2. The molecule has 1 aliphatic carbocycles. The molecule has 4 aromatic heterocycles. The van der Waals surface area contributed by atoms with Crippen LogP contribution < -0.4 is 16.6 Å². The summed E-state index contributed by atoms with van der Waals surface area (Å²) in [6.07, 6.45) is 5.59. The summed E-state index contributed by atoms with van der Waals surface area (Å²) in [7, 11) is 0. The minimum Gasteiger partial charge on any atom is -0.379 e. The molecule has 0 radical (unpaired) electrons. The number of hydrogen-bond acceptors (Lipinski definition) is 7. The van der Waals surface area contributed by atoms with Gasteiger partial charge in [0.15, 0.2) is 5.65 Å². The molecule has 1 amide bonds. The van der Waals surface area contributed by atoms with Crippen LogP contribution in [0.15, 0.2) is 94.9 Å². The summed E-state index contributed by atoms with van der Waals surface area (Å²) in [6, 6.07) is 18.9. The van der Waals surface area contributed by atoms with E-state index in [4.69, 9.17) is 4.74 Å². The minimum absolute atomic E-state index is 0.00596. The molecule has 5 heterocycles. The molecule has 0 bridgehead atoms. The predicted octanol–water partition coefficient (Wildman–Crippen LogP) is 4.89. The molecule has 51 heavy (non-hydrogen) atoms. The van der Waals surface area contributed by atoms with E-state index in [0.29, 0.717) is 50.2 Å². The number of morpholine rings is 1. The molecule has 11 nitrogen and oxygen atoms in total. The first-order valence-corrected chi connectivity index (χ1v) is 17.1. The minimum atomic E-state index is -0.678. The second-order valence-corrected chi connectivity index (χ2v) is 13.1. The van der Waals surface area contributed by atoms with Crippen molar-refractivity contribution < 1.29 is 18.3 Å². The molecule has 260 valence electrons. The lowest BCUT2D eigenvalue weighted by atomic mass is 9.90. The topological polar surface area (TPSA) is 116 Å². The van der Waals surface area contributed by atoms with Crippen molar-refractivity contribution in [1.29, 1.82) is 0 Å². The molecule has 6 aromatic rings. The summed E-state index contributed by atoms with van der Waals surface area (Å²) in [5.74, 6) is -1.51. The number of benzene rings is 2. The molecule has 1 N–H and O–H groups in total. The maximum atomic E-state index is 14.6. The molecule has 2 aliphatic rings. The summed E-state index contributed by atoms with van der Waals surface area (Å²) in [4.78, 5) is 52.2. The van der Waals surface area contributed by atoms with Crippen LogP contribution in [0.3, 0.4) is 0 Å². The third-order valence-corrected chi connectivity index (χ3v) is 9.87. The number of halogens is 2. The zero-order valence-electron chi connectivity index (χ0n) is 27.7. The molecule has 13 heteroatoms. The van der Waals surface area contributed by atoms with Crippen LogP contribution in [0.1, 0.15) is 47.8 Å². The van der Waals surface area contributed by atoms with Gasteiger partial charge in [0.1, 0.15) is 23.0 Å². The fraction of sp³-hybridized carbons (Fsp3) is 0.289. The van der Waals surface area contributed by atoms with Crippen molar-refractivity contribution >= 4 is 22.6 Å². The molecule has 8 rings (SSSR count). The summed E-state index contributed by atoms with van der Waals surface area (Å²) in [6.45, 7) is 3.83. The highest BCUT2D eigenvalue weighted by molar-refractivity contribution is 5.93. The van der Waals surface area contributed by atoms with Gasteiger partial charge in [-0.25, -0.2) is 28.1 Å². The van der Waals surface area contributed by atoms with Gasteiger partial charge in [0, 0.05) is 44.1 Å². The fourth-order valence-electron chi connectivity index (χ4n) is 7.30. The van der Waals surface area contributed by atoms with Gasteiger partial charge in [0.2, 0.25) is 0 Å². The second-order valence-electron chi connectivity index (χ2n) is 13.1. The van der Waals surface area contributed by atoms with E-state index < -0.39 is 28.9 Å². The van der Waals surface area contributed by atoms with Crippen molar-refractivity contribution in [3.63, 3.8) is 0 Å². The summed E-state index contributed by atoms with van der Waals surface area (Å²) >= 11 is 0. The third-order valence-electron chi connectivity index (χ3n) is 9.87. The van der Waals surface area contributed by atoms with Crippen LogP contribution >= 0.6 is 0 Å². The number of aromatic nitrogens is 5. The van der Waals surface area contributed by atoms with Crippen LogP contribution in [-0.2, 0) is 11.3 Å². The van der Waals surface area contributed by atoms with Crippen LogP contribution in [0.25, 0.3) is 33.5 Å². The number of carbonyl (C=O) groups is 1. The number of rotatable bonds is 7. The quantitative estimate of drug-likeness (QED) is 0.254. The third kappa shape index (κ3) is 6.46. The van der Waals surface area contributed by atoms with Crippen molar-refractivity contribution in [3.05, 3.63) is 129 Å². The number of nitrogens with zero attached hydrogens (tertiary/aromatic N) is 6. The number of nitrogens with one attached hydrogen (secondary N) is 1. The van der Waals surface area contributed by atoms with Crippen molar-refractivity contribution in [2.24, 2.45) is 0 Å². The van der Waals surface area contributed by atoms with E-state index in [1.165, 1.54) is 38.1 Å². The van der Waals surface area contributed by atoms with Crippen LogP contribution in [0, 0.1) is 11.6 Å². The number of ether oxygens (including phenoxy) is 1. The zero-order chi connectivity index (χ0) is 35.1. The molecular weight excluding hydrogens is 656 g/mol. The van der Waals surface area contributed by atoms with Gasteiger partial charge in [-0.05, 0) is 72.7 Å². The fourth-order valence-corrected chi connectivity index (χ4v) is 7.30. The normalized spacial score (nSPS) is 18.3. The standard InChI is InChI=1S/C38H35F2N7O4/c39-26-8-13-34-43-33(23-45(34)22-26)36(48)42-28-9-11-29(12-10-28)47-37(49)32-19-27(40)20-41-35(32)46(38(47)50)30-6-3-5-24(18-30)31-7-2-1-4-25(31)21-44-14-16-51-17-15-44/h1-8,13,18-20,22-23,28-29H,9-12,14-17,21H2,(H,42,48)/t28-,29+. The summed E-state index contributed by atoms with van der Waals surface area (Å²) < 4.78 is 37.8. The van der Waals surface area contributed by atoms with Crippen LogP contribution in [0.4, 0.5) is 8.78 Å². The van der Waals surface area contributed by atoms with Gasteiger partial charge in [0.25, 0.3) is 11.5 Å². The van der Waals surface area contributed by atoms with E-state index >= 15 is 0 Å². The van der Waals surface area contributed by atoms with E-state index in [9.17, 15) is 23.2 Å². The Morgan fingerprint density at radius 3 is 2.53 bits per heavy atom. The highest BCUT2D eigenvalue weighted by Gasteiger charge is 2.29. The van der Waals surface area contributed by atoms with Crippen molar-refractivity contribution in [2.45, 2.75) is 44.3 Å². The lowest BCUT2D eigenvalue weighted by Crippen LogP contribution is -2.45.